The number of carbonyl (C=O) groups excluding carboxylic acids is 2. The molecule has 2 amide bonds. The number of amides is 2. The van der Waals surface area contributed by atoms with Crippen molar-refractivity contribution in [2.24, 2.45) is 11.8 Å². The number of hydrogen-bond acceptors (Lipinski definition) is 3. The Labute approximate surface area is 151 Å². The summed E-state index contributed by atoms with van der Waals surface area (Å²) in [5.41, 5.74) is 1.19. The molecule has 1 atom stereocenters. The molecule has 1 aliphatic carbocycles. The fourth-order valence-corrected chi connectivity index (χ4v) is 3.33. The molecule has 1 aliphatic rings. The number of pyridine rings is 1. The zero-order valence-corrected chi connectivity index (χ0v) is 15.7. The fraction of sp³-hybridized carbons (Fsp3) is 0.650. The largest absolute Gasteiger partial charge is 0.353 e. The summed E-state index contributed by atoms with van der Waals surface area (Å²) in [7, 11) is 1.88. The molecule has 1 aromatic heterocycles. The minimum absolute atomic E-state index is 0.0649. The van der Waals surface area contributed by atoms with Crippen molar-refractivity contribution in [2.45, 2.75) is 58.4 Å². The summed E-state index contributed by atoms with van der Waals surface area (Å²) >= 11 is 0. The van der Waals surface area contributed by atoms with Crippen LogP contribution in [0.25, 0.3) is 0 Å². The molecular weight excluding hydrogens is 314 g/mol. The zero-order valence-electron chi connectivity index (χ0n) is 15.7. The highest BCUT2D eigenvalue weighted by molar-refractivity contribution is 5.81. The van der Waals surface area contributed by atoms with Gasteiger partial charge in [0.15, 0.2) is 0 Å². The van der Waals surface area contributed by atoms with E-state index in [2.05, 4.69) is 17.2 Å². The number of likely N-dealkylation sites (N-methyl/N-ethyl adjacent to an activating group) is 1. The molecular formula is C20H31N3O2. The van der Waals surface area contributed by atoms with Crippen molar-refractivity contribution in [3.05, 3.63) is 30.1 Å². The standard InChI is InChI=1S/C20H31N3O2/c1-4-15(2)22-19(24)17-5-7-18(8-6-17)20(25)23(3)14-11-16-9-12-21-13-10-16/h9-10,12-13,15,17-18H,4-8,11,14H2,1-3H3,(H,22,24). The van der Waals surface area contributed by atoms with E-state index in [9.17, 15) is 9.59 Å². The van der Waals surface area contributed by atoms with E-state index >= 15 is 0 Å². The topological polar surface area (TPSA) is 62.3 Å². The van der Waals surface area contributed by atoms with Crippen LogP contribution in [0.4, 0.5) is 0 Å². The highest BCUT2D eigenvalue weighted by Gasteiger charge is 2.31. The van der Waals surface area contributed by atoms with Crippen LogP contribution in [0.1, 0.15) is 51.5 Å². The Morgan fingerprint density at radius 3 is 2.40 bits per heavy atom. The summed E-state index contributed by atoms with van der Waals surface area (Å²) in [4.78, 5) is 30.7. The van der Waals surface area contributed by atoms with Gasteiger partial charge in [0.05, 0.1) is 0 Å². The van der Waals surface area contributed by atoms with Crippen LogP contribution in [0, 0.1) is 11.8 Å². The third-order valence-corrected chi connectivity index (χ3v) is 5.31. The van der Waals surface area contributed by atoms with Crippen molar-refractivity contribution in [1.82, 2.24) is 15.2 Å². The van der Waals surface area contributed by atoms with Crippen molar-refractivity contribution in [3.8, 4) is 0 Å². The van der Waals surface area contributed by atoms with Crippen LogP contribution >= 0.6 is 0 Å². The maximum Gasteiger partial charge on any atom is 0.225 e. The van der Waals surface area contributed by atoms with Crippen molar-refractivity contribution < 1.29 is 9.59 Å². The summed E-state index contributed by atoms with van der Waals surface area (Å²) in [5.74, 6) is 0.511. The second-order valence-corrected chi connectivity index (χ2v) is 7.23. The Bertz CT molecular complexity index is 553. The predicted molar refractivity (Wildman–Crippen MR) is 98.9 cm³/mol. The maximum atomic E-state index is 12.6. The highest BCUT2D eigenvalue weighted by Crippen LogP contribution is 2.30. The molecule has 0 aliphatic heterocycles. The molecule has 2 rings (SSSR count). The molecule has 5 nitrogen and oxygen atoms in total. The molecule has 0 spiro atoms. The molecule has 1 heterocycles. The second kappa shape index (κ2) is 9.54. The first-order valence-corrected chi connectivity index (χ1v) is 9.45. The number of carbonyl (C=O) groups is 2. The number of nitrogens with zero attached hydrogens (tertiary/aromatic N) is 2. The van der Waals surface area contributed by atoms with Crippen molar-refractivity contribution in [1.29, 1.82) is 0 Å². The normalized spacial score (nSPS) is 21.4. The Morgan fingerprint density at radius 2 is 1.80 bits per heavy atom. The van der Waals surface area contributed by atoms with E-state index in [4.69, 9.17) is 0 Å². The van der Waals surface area contributed by atoms with Gasteiger partial charge in [0.25, 0.3) is 0 Å². The number of aromatic nitrogens is 1. The first-order valence-electron chi connectivity index (χ1n) is 9.45. The molecule has 1 fully saturated rings. The Kier molecular flexibility index (Phi) is 7.41. The first-order chi connectivity index (χ1) is 12.0. The average Bonchev–Trinajstić information content (AvgIpc) is 2.66. The van der Waals surface area contributed by atoms with E-state index < -0.39 is 0 Å². The lowest BCUT2D eigenvalue weighted by Crippen LogP contribution is -2.41. The summed E-state index contributed by atoms with van der Waals surface area (Å²) < 4.78 is 0. The zero-order chi connectivity index (χ0) is 18.2. The molecule has 0 bridgehead atoms. The SMILES string of the molecule is CCC(C)NC(=O)C1CCC(C(=O)N(C)CCc2ccncc2)CC1. The third-order valence-electron chi connectivity index (χ3n) is 5.31. The Morgan fingerprint density at radius 1 is 1.20 bits per heavy atom. The number of rotatable bonds is 7. The van der Waals surface area contributed by atoms with Gasteiger partial charge in [-0.2, -0.15) is 0 Å². The molecule has 0 saturated heterocycles. The molecule has 1 N–H and O–H groups in total. The van der Waals surface area contributed by atoms with Gasteiger partial charge in [-0.25, -0.2) is 0 Å². The average molecular weight is 345 g/mol. The summed E-state index contributed by atoms with van der Waals surface area (Å²) in [6, 6.07) is 4.20. The van der Waals surface area contributed by atoms with Gasteiger partial charge in [-0.1, -0.05) is 6.92 Å². The van der Waals surface area contributed by atoms with Gasteiger partial charge in [-0.15, -0.1) is 0 Å². The minimum atomic E-state index is 0.0649. The summed E-state index contributed by atoms with van der Waals surface area (Å²) in [5, 5.41) is 3.07. The van der Waals surface area contributed by atoms with E-state index in [0.717, 1.165) is 45.1 Å². The van der Waals surface area contributed by atoms with Crippen LogP contribution in [0.15, 0.2) is 24.5 Å². The van der Waals surface area contributed by atoms with Gasteiger partial charge >= 0.3 is 0 Å². The Balaban J connectivity index is 1.75. The van der Waals surface area contributed by atoms with Gasteiger partial charge in [0.2, 0.25) is 11.8 Å². The van der Waals surface area contributed by atoms with Gasteiger partial charge in [0.1, 0.15) is 0 Å². The van der Waals surface area contributed by atoms with Gasteiger partial charge in [-0.05, 0) is 63.1 Å². The lowest BCUT2D eigenvalue weighted by molar-refractivity contribution is -0.137. The molecule has 1 saturated carbocycles. The highest BCUT2D eigenvalue weighted by atomic mass is 16.2. The quantitative estimate of drug-likeness (QED) is 0.826. The fourth-order valence-electron chi connectivity index (χ4n) is 3.33. The molecule has 138 valence electrons. The molecule has 0 aromatic carbocycles. The second-order valence-electron chi connectivity index (χ2n) is 7.23. The predicted octanol–water partition coefficient (Wildman–Crippen LogP) is 2.80. The monoisotopic (exact) mass is 345 g/mol. The smallest absolute Gasteiger partial charge is 0.225 e. The van der Waals surface area contributed by atoms with Gasteiger partial charge < -0.3 is 10.2 Å². The van der Waals surface area contributed by atoms with E-state index in [1.165, 1.54) is 5.56 Å². The minimum Gasteiger partial charge on any atom is -0.353 e. The van der Waals surface area contributed by atoms with Crippen molar-refractivity contribution in [3.63, 3.8) is 0 Å². The number of nitrogens with one attached hydrogen (secondary N) is 1. The lowest BCUT2D eigenvalue weighted by atomic mass is 9.81. The summed E-state index contributed by atoms with van der Waals surface area (Å²) in [6.07, 6.45) is 8.62. The van der Waals surface area contributed by atoms with Crippen LogP contribution in [0.5, 0.6) is 0 Å². The van der Waals surface area contributed by atoms with Crippen LogP contribution in [0.2, 0.25) is 0 Å². The Hall–Kier alpha value is -1.91. The van der Waals surface area contributed by atoms with Crippen LogP contribution in [-0.4, -0.2) is 41.3 Å². The maximum absolute atomic E-state index is 12.6. The molecule has 25 heavy (non-hydrogen) atoms. The van der Waals surface area contributed by atoms with E-state index in [0.29, 0.717) is 0 Å². The van der Waals surface area contributed by atoms with Crippen LogP contribution in [-0.2, 0) is 16.0 Å². The van der Waals surface area contributed by atoms with E-state index in [1.807, 2.05) is 31.0 Å². The van der Waals surface area contributed by atoms with Crippen LogP contribution < -0.4 is 5.32 Å². The van der Waals surface area contributed by atoms with Crippen LogP contribution in [0.3, 0.4) is 0 Å². The van der Waals surface area contributed by atoms with Crippen molar-refractivity contribution >= 4 is 11.8 Å². The molecule has 1 aromatic rings. The van der Waals surface area contributed by atoms with Crippen molar-refractivity contribution in [2.75, 3.05) is 13.6 Å². The van der Waals surface area contributed by atoms with Gasteiger partial charge in [-0.3, -0.25) is 14.6 Å². The molecule has 1 unspecified atom stereocenters. The third kappa shape index (κ3) is 5.83. The molecule has 0 radical (unpaired) electrons. The van der Waals surface area contributed by atoms with Gasteiger partial charge in [0, 0.05) is 43.9 Å². The van der Waals surface area contributed by atoms with E-state index in [-0.39, 0.29) is 29.7 Å². The number of hydrogen-bond donors (Lipinski definition) is 1. The summed E-state index contributed by atoms with van der Waals surface area (Å²) in [6.45, 7) is 4.82. The first kappa shape index (κ1) is 19.4. The van der Waals surface area contributed by atoms with E-state index in [1.54, 1.807) is 12.4 Å². The molecule has 5 heteroatoms. The lowest BCUT2D eigenvalue weighted by Gasteiger charge is -2.30.